The lowest BCUT2D eigenvalue weighted by molar-refractivity contribution is -0.119. The molecule has 1 aliphatic rings. The summed E-state index contributed by atoms with van der Waals surface area (Å²) in [5, 5.41) is 2.78. The van der Waals surface area contributed by atoms with Crippen molar-refractivity contribution < 1.29 is 14.3 Å². The van der Waals surface area contributed by atoms with Crippen molar-refractivity contribution >= 4 is 28.9 Å². The van der Waals surface area contributed by atoms with E-state index in [1.54, 1.807) is 0 Å². The van der Waals surface area contributed by atoms with E-state index in [1.165, 1.54) is 34.6 Å². The summed E-state index contributed by atoms with van der Waals surface area (Å²) in [5.74, 6) is -0.734. The standard InChI is InChI=1S/C19H21NO3S/c1-12-7-8-15(13(2)9-12)20-18(21)11-23-19(22)17-10-14-5-3-4-6-16(14)24-17/h7-10H,3-6,11H2,1-2H3,(H,20,21). The lowest BCUT2D eigenvalue weighted by Crippen LogP contribution is -2.21. The molecule has 1 heterocycles. The van der Waals surface area contributed by atoms with Gasteiger partial charge in [-0.2, -0.15) is 0 Å². The van der Waals surface area contributed by atoms with Crippen molar-refractivity contribution in [1.82, 2.24) is 0 Å². The number of benzene rings is 1. The molecule has 0 spiro atoms. The molecule has 0 saturated carbocycles. The largest absolute Gasteiger partial charge is 0.451 e. The first-order chi connectivity index (χ1) is 11.5. The smallest absolute Gasteiger partial charge is 0.348 e. The molecule has 4 nitrogen and oxygen atoms in total. The zero-order chi connectivity index (χ0) is 17.1. The Kier molecular flexibility index (Phi) is 5.00. The summed E-state index contributed by atoms with van der Waals surface area (Å²) in [5.41, 5.74) is 4.13. The van der Waals surface area contributed by atoms with E-state index in [9.17, 15) is 9.59 Å². The molecule has 1 aliphatic carbocycles. The average Bonchev–Trinajstić information content (AvgIpc) is 2.99. The molecule has 0 aliphatic heterocycles. The molecule has 1 aromatic carbocycles. The van der Waals surface area contributed by atoms with Crippen molar-refractivity contribution in [3.63, 3.8) is 0 Å². The van der Waals surface area contributed by atoms with Crippen LogP contribution in [0.5, 0.6) is 0 Å². The lowest BCUT2D eigenvalue weighted by Gasteiger charge is -2.09. The number of esters is 1. The van der Waals surface area contributed by atoms with Gasteiger partial charge >= 0.3 is 5.97 Å². The second-order valence-corrected chi connectivity index (χ2v) is 7.35. The van der Waals surface area contributed by atoms with Crippen molar-refractivity contribution in [2.45, 2.75) is 39.5 Å². The Labute approximate surface area is 145 Å². The predicted molar refractivity (Wildman–Crippen MR) is 95.8 cm³/mol. The number of nitrogens with one attached hydrogen (secondary N) is 1. The molecule has 0 radical (unpaired) electrons. The third kappa shape index (κ3) is 3.85. The summed E-state index contributed by atoms with van der Waals surface area (Å²) in [4.78, 5) is 26.0. The van der Waals surface area contributed by atoms with E-state index >= 15 is 0 Å². The number of carbonyl (C=O) groups is 2. The van der Waals surface area contributed by atoms with Crippen LogP contribution in [0, 0.1) is 13.8 Å². The minimum atomic E-state index is -0.412. The molecule has 3 rings (SSSR count). The maximum Gasteiger partial charge on any atom is 0.348 e. The van der Waals surface area contributed by atoms with E-state index in [1.807, 2.05) is 38.1 Å². The van der Waals surface area contributed by atoms with Crippen LogP contribution in [0.15, 0.2) is 24.3 Å². The van der Waals surface area contributed by atoms with Gasteiger partial charge in [0.05, 0.1) is 0 Å². The average molecular weight is 343 g/mol. The molecule has 0 bridgehead atoms. The van der Waals surface area contributed by atoms with Gasteiger partial charge in [0.15, 0.2) is 6.61 Å². The minimum Gasteiger partial charge on any atom is -0.451 e. The first-order valence-electron chi connectivity index (χ1n) is 8.19. The van der Waals surface area contributed by atoms with Gasteiger partial charge < -0.3 is 10.1 Å². The normalized spacial score (nSPS) is 13.2. The van der Waals surface area contributed by atoms with Crippen LogP contribution in [0.3, 0.4) is 0 Å². The van der Waals surface area contributed by atoms with Gasteiger partial charge in [-0.25, -0.2) is 4.79 Å². The number of anilines is 1. The lowest BCUT2D eigenvalue weighted by atomic mass is 9.99. The van der Waals surface area contributed by atoms with Crippen molar-refractivity contribution in [3.8, 4) is 0 Å². The molecule has 126 valence electrons. The van der Waals surface area contributed by atoms with Gasteiger partial charge in [0.25, 0.3) is 5.91 Å². The van der Waals surface area contributed by atoms with Gasteiger partial charge in [0, 0.05) is 10.6 Å². The summed E-state index contributed by atoms with van der Waals surface area (Å²) in [6, 6.07) is 7.71. The molecule has 1 amide bonds. The topological polar surface area (TPSA) is 55.4 Å². The molecule has 2 aromatic rings. The molecular formula is C19H21NO3S. The number of rotatable bonds is 4. The van der Waals surface area contributed by atoms with Crippen LogP contribution in [0.2, 0.25) is 0 Å². The second-order valence-electron chi connectivity index (χ2n) is 6.21. The zero-order valence-corrected chi connectivity index (χ0v) is 14.8. The van der Waals surface area contributed by atoms with E-state index in [-0.39, 0.29) is 12.5 Å². The van der Waals surface area contributed by atoms with Crippen LogP contribution in [-0.2, 0) is 22.4 Å². The highest BCUT2D eigenvalue weighted by Gasteiger charge is 2.19. The molecule has 24 heavy (non-hydrogen) atoms. The van der Waals surface area contributed by atoms with Crippen molar-refractivity contribution in [2.75, 3.05) is 11.9 Å². The fraction of sp³-hybridized carbons (Fsp3) is 0.368. The molecule has 0 unspecified atom stereocenters. The maximum absolute atomic E-state index is 12.1. The molecule has 1 aromatic heterocycles. The number of thiophene rings is 1. The Morgan fingerprint density at radius 2 is 1.96 bits per heavy atom. The molecule has 0 fully saturated rings. The van der Waals surface area contributed by atoms with Crippen molar-refractivity contribution in [2.24, 2.45) is 0 Å². The number of fused-ring (bicyclic) bond motifs is 1. The number of aryl methyl sites for hydroxylation is 4. The van der Waals surface area contributed by atoms with Crippen LogP contribution in [0.25, 0.3) is 0 Å². The van der Waals surface area contributed by atoms with Gasteiger partial charge in [-0.15, -0.1) is 11.3 Å². The quantitative estimate of drug-likeness (QED) is 0.853. The van der Waals surface area contributed by atoms with Crippen molar-refractivity contribution in [1.29, 1.82) is 0 Å². The SMILES string of the molecule is Cc1ccc(NC(=O)COC(=O)c2cc3c(s2)CCCC3)c(C)c1. The van der Waals surface area contributed by atoms with Gasteiger partial charge in [-0.05, 0) is 62.8 Å². The zero-order valence-electron chi connectivity index (χ0n) is 14.0. The molecule has 5 heteroatoms. The number of hydrogen-bond donors (Lipinski definition) is 1. The fourth-order valence-corrected chi connectivity index (χ4v) is 4.08. The highest BCUT2D eigenvalue weighted by Crippen LogP contribution is 2.30. The van der Waals surface area contributed by atoms with E-state index < -0.39 is 5.97 Å². The maximum atomic E-state index is 12.1. The first-order valence-corrected chi connectivity index (χ1v) is 9.00. The summed E-state index contributed by atoms with van der Waals surface area (Å²) in [7, 11) is 0. The Morgan fingerprint density at radius 1 is 1.17 bits per heavy atom. The van der Waals surface area contributed by atoms with E-state index in [2.05, 4.69) is 5.32 Å². The summed E-state index contributed by atoms with van der Waals surface area (Å²) in [6.45, 7) is 3.67. The van der Waals surface area contributed by atoms with Gasteiger partial charge in [0.1, 0.15) is 4.88 Å². The van der Waals surface area contributed by atoms with Gasteiger partial charge in [0.2, 0.25) is 0 Å². The third-order valence-electron chi connectivity index (χ3n) is 4.19. The van der Waals surface area contributed by atoms with Crippen LogP contribution < -0.4 is 5.32 Å². The number of carbonyl (C=O) groups excluding carboxylic acids is 2. The monoisotopic (exact) mass is 343 g/mol. The van der Waals surface area contributed by atoms with E-state index in [0.717, 1.165) is 29.7 Å². The summed E-state index contributed by atoms with van der Waals surface area (Å²) >= 11 is 1.50. The summed E-state index contributed by atoms with van der Waals surface area (Å²) in [6.07, 6.45) is 4.43. The fourth-order valence-electron chi connectivity index (χ4n) is 2.93. The third-order valence-corrected chi connectivity index (χ3v) is 5.41. The van der Waals surface area contributed by atoms with E-state index in [0.29, 0.717) is 4.88 Å². The van der Waals surface area contributed by atoms with Crippen LogP contribution in [0.1, 0.15) is 44.1 Å². The minimum absolute atomic E-state index is 0.269. The Morgan fingerprint density at radius 3 is 2.71 bits per heavy atom. The van der Waals surface area contributed by atoms with E-state index in [4.69, 9.17) is 4.74 Å². The Balaban J connectivity index is 1.55. The predicted octanol–water partition coefficient (Wildman–Crippen LogP) is 4.04. The van der Waals surface area contributed by atoms with Gasteiger partial charge in [-0.3, -0.25) is 4.79 Å². The van der Waals surface area contributed by atoms with Crippen LogP contribution in [0.4, 0.5) is 5.69 Å². The second kappa shape index (κ2) is 7.18. The Hall–Kier alpha value is -2.14. The molecule has 1 N–H and O–H groups in total. The van der Waals surface area contributed by atoms with Gasteiger partial charge in [-0.1, -0.05) is 17.7 Å². The highest BCUT2D eigenvalue weighted by molar-refractivity contribution is 7.14. The molecule has 0 saturated heterocycles. The molecule has 0 atom stereocenters. The first kappa shape index (κ1) is 16.7. The summed E-state index contributed by atoms with van der Waals surface area (Å²) < 4.78 is 5.16. The highest BCUT2D eigenvalue weighted by atomic mass is 32.1. The van der Waals surface area contributed by atoms with Crippen LogP contribution >= 0.6 is 11.3 Å². The van der Waals surface area contributed by atoms with Crippen molar-refractivity contribution in [3.05, 3.63) is 50.7 Å². The Bertz CT molecular complexity index is 755. The molecular weight excluding hydrogens is 322 g/mol. The number of amides is 1. The number of hydrogen-bond acceptors (Lipinski definition) is 4. The number of ether oxygens (including phenoxy) is 1. The van der Waals surface area contributed by atoms with Crippen LogP contribution in [-0.4, -0.2) is 18.5 Å².